The van der Waals surface area contributed by atoms with Crippen molar-refractivity contribution in [3.05, 3.63) is 108 Å². The van der Waals surface area contributed by atoms with Crippen LogP contribution in [0.2, 0.25) is 0 Å². The second-order valence-electron chi connectivity index (χ2n) is 7.99. The van der Waals surface area contributed by atoms with Gasteiger partial charge in [0.2, 0.25) is 0 Å². The number of hydrogen-bond acceptors (Lipinski definition) is 6. The molecule has 0 aliphatic heterocycles. The van der Waals surface area contributed by atoms with E-state index in [9.17, 15) is 14.4 Å². The fourth-order valence-corrected chi connectivity index (χ4v) is 4.02. The fourth-order valence-electron chi connectivity index (χ4n) is 4.02. The van der Waals surface area contributed by atoms with Crippen molar-refractivity contribution in [3.63, 3.8) is 0 Å². The van der Waals surface area contributed by atoms with Gasteiger partial charge in [-0.3, -0.25) is 4.79 Å². The standard InChI is InChI=1S/C28H24O6/c1-19-24(17-32-27(30)22-10-6-3-7-11-22)26(16-25(19)33-18-29)34-28(31)23-14-12-21(13-15-23)20-8-4-2-5-9-20/h2-15,18,24-26H,1,16-17H2/t24-,25+,26-/m0/s1. The summed E-state index contributed by atoms with van der Waals surface area (Å²) in [5.74, 6) is -1.50. The van der Waals surface area contributed by atoms with E-state index >= 15 is 0 Å². The first-order valence-electron chi connectivity index (χ1n) is 10.9. The number of carbonyl (C=O) groups is 3. The lowest BCUT2D eigenvalue weighted by Crippen LogP contribution is -2.27. The monoisotopic (exact) mass is 456 g/mol. The summed E-state index contributed by atoms with van der Waals surface area (Å²) in [7, 11) is 0. The van der Waals surface area contributed by atoms with Crippen LogP contribution in [0.15, 0.2) is 97.1 Å². The van der Waals surface area contributed by atoms with Crippen LogP contribution in [-0.2, 0) is 19.0 Å². The maximum absolute atomic E-state index is 12.9. The summed E-state index contributed by atoms with van der Waals surface area (Å²) in [4.78, 5) is 36.1. The summed E-state index contributed by atoms with van der Waals surface area (Å²) in [5, 5.41) is 0. The summed E-state index contributed by atoms with van der Waals surface area (Å²) in [6, 6.07) is 25.6. The van der Waals surface area contributed by atoms with E-state index in [1.165, 1.54) is 0 Å². The third-order valence-corrected chi connectivity index (χ3v) is 5.89. The molecule has 1 saturated carbocycles. The number of hydrogen-bond donors (Lipinski definition) is 0. The number of carbonyl (C=O) groups excluding carboxylic acids is 3. The molecule has 6 heteroatoms. The molecule has 3 aromatic rings. The molecule has 34 heavy (non-hydrogen) atoms. The van der Waals surface area contributed by atoms with Crippen molar-refractivity contribution in [2.24, 2.45) is 5.92 Å². The van der Waals surface area contributed by atoms with E-state index in [2.05, 4.69) is 6.58 Å². The van der Waals surface area contributed by atoms with Gasteiger partial charge in [-0.2, -0.15) is 0 Å². The van der Waals surface area contributed by atoms with Crippen molar-refractivity contribution in [3.8, 4) is 11.1 Å². The molecule has 0 bridgehead atoms. The zero-order valence-corrected chi connectivity index (χ0v) is 18.5. The van der Waals surface area contributed by atoms with Gasteiger partial charge in [0.1, 0.15) is 18.8 Å². The highest BCUT2D eigenvalue weighted by molar-refractivity contribution is 5.90. The molecule has 0 aromatic heterocycles. The summed E-state index contributed by atoms with van der Waals surface area (Å²) >= 11 is 0. The molecule has 4 rings (SSSR count). The molecule has 0 unspecified atom stereocenters. The molecule has 0 heterocycles. The molecule has 1 fully saturated rings. The molecule has 0 N–H and O–H groups in total. The van der Waals surface area contributed by atoms with E-state index in [1.54, 1.807) is 42.5 Å². The molecule has 1 aliphatic carbocycles. The maximum atomic E-state index is 12.9. The highest BCUT2D eigenvalue weighted by atomic mass is 16.6. The van der Waals surface area contributed by atoms with E-state index in [-0.39, 0.29) is 13.0 Å². The van der Waals surface area contributed by atoms with E-state index in [4.69, 9.17) is 14.2 Å². The Morgan fingerprint density at radius 2 is 1.41 bits per heavy atom. The average molecular weight is 456 g/mol. The SMILES string of the molecule is C=C1[C@H](OC=O)C[C@H](OC(=O)c2ccc(-c3ccccc3)cc2)[C@H]1COC(=O)c1ccccc1. The molecule has 3 aromatic carbocycles. The van der Waals surface area contributed by atoms with Crippen LogP contribution in [0.5, 0.6) is 0 Å². The summed E-state index contributed by atoms with van der Waals surface area (Å²) in [6.07, 6.45) is -1.02. The Morgan fingerprint density at radius 3 is 2.06 bits per heavy atom. The van der Waals surface area contributed by atoms with Gasteiger partial charge in [-0.15, -0.1) is 0 Å². The zero-order chi connectivity index (χ0) is 23.9. The Labute approximate surface area is 197 Å². The van der Waals surface area contributed by atoms with E-state index in [0.29, 0.717) is 23.2 Å². The highest BCUT2D eigenvalue weighted by Crippen LogP contribution is 2.35. The van der Waals surface area contributed by atoms with Crippen LogP contribution < -0.4 is 0 Å². The first kappa shape index (κ1) is 23.0. The van der Waals surface area contributed by atoms with Crippen molar-refractivity contribution >= 4 is 18.4 Å². The van der Waals surface area contributed by atoms with Gasteiger partial charge < -0.3 is 14.2 Å². The second kappa shape index (κ2) is 10.6. The molecule has 0 amide bonds. The number of benzene rings is 3. The van der Waals surface area contributed by atoms with Gasteiger partial charge in [0.05, 0.1) is 17.0 Å². The van der Waals surface area contributed by atoms with Crippen LogP contribution in [0, 0.1) is 5.92 Å². The van der Waals surface area contributed by atoms with E-state index in [0.717, 1.165) is 11.1 Å². The van der Waals surface area contributed by atoms with Gasteiger partial charge in [-0.25, -0.2) is 9.59 Å². The van der Waals surface area contributed by atoms with Crippen LogP contribution >= 0.6 is 0 Å². The second-order valence-corrected chi connectivity index (χ2v) is 7.99. The Bertz CT molecular complexity index is 1150. The number of esters is 2. The summed E-state index contributed by atoms with van der Waals surface area (Å²) < 4.78 is 16.3. The van der Waals surface area contributed by atoms with Crippen molar-refractivity contribution in [1.29, 1.82) is 0 Å². The van der Waals surface area contributed by atoms with E-state index in [1.807, 2.05) is 42.5 Å². The highest BCUT2D eigenvalue weighted by Gasteiger charge is 2.42. The zero-order valence-electron chi connectivity index (χ0n) is 18.5. The van der Waals surface area contributed by atoms with Gasteiger partial charge in [0.25, 0.3) is 6.47 Å². The average Bonchev–Trinajstić information content (AvgIpc) is 3.17. The van der Waals surface area contributed by atoms with E-state index < -0.39 is 30.1 Å². The van der Waals surface area contributed by atoms with Crippen molar-refractivity contribution in [2.75, 3.05) is 6.61 Å². The fraction of sp³-hybridized carbons (Fsp3) is 0.179. The summed E-state index contributed by atoms with van der Waals surface area (Å²) in [5.41, 5.74) is 3.38. The normalized spacial score (nSPS) is 19.3. The van der Waals surface area contributed by atoms with Crippen molar-refractivity contribution in [2.45, 2.75) is 18.6 Å². The minimum atomic E-state index is -0.651. The molecule has 1 aliphatic rings. The van der Waals surface area contributed by atoms with Crippen LogP contribution in [0.4, 0.5) is 0 Å². The molecule has 6 nitrogen and oxygen atoms in total. The predicted molar refractivity (Wildman–Crippen MR) is 126 cm³/mol. The van der Waals surface area contributed by atoms with Gasteiger partial charge in [-0.1, -0.05) is 67.2 Å². The van der Waals surface area contributed by atoms with Gasteiger partial charge in [0, 0.05) is 6.42 Å². The lowest BCUT2D eigenvalue weighted by Gasteiger charge is -2.20. The Kier molecular flexibility index (Phi) is 7.18. The van der Waals surface area contributed by atoms with Crippen molar-refractivity contribution in [1.82, 2.24) is 0 Å². The number of rotatable bonds is 8. The third kappa shape index (κ3) is 5.23. The van der Waals surface area contributed by atoms with Gasteiger partial charge in [-0.05, 0) is 41.0 Å². The quantitative estimate of drug-likeness (QED) is 0.209. The van der Waals surface area contributed by atoms with Crippen LogP contribution in [-0.4, -0.2) is 37.2 Å². The lowest BCUT2D eigenvalue weighted by atomic mass is 10.0. The molecule has 0 spiro atoms. The largest absolute Gasteiger partial charge is 0.461 e. The molecular weight excluding hydrogens is 432 g/mol. The van der Waals surface area contributed by atoms with Gasteiger partial charge in [0.15, 0.2) is 0 Å². The molecule has 0 radical (unpaired) electrons. The maximum Gasteiger partial charge on any atom is 0.338 e. The first-order chi connectivity index (χ1) is 16.6. The van der Waals surface area contributed by atoms with Crippen LogP contribution in [0.1, 0.15) is 27.1 Å². The molecule has 172 valence electrons. The lowest BCUT2D eigenvalue weighted by molar-refractivity contribution is -0.132. The Morgan fingerprint density at radius 1 is 0.824 bits per heavy atom. The smallest absolute Gasteiger partial charge is 0.338 e. The first-order valence-corrected chi connectivity index (χ1v) is 10.9. The van der Waals surface area contributed by atoms with Crippen molar-refractivity contribution < 1.29 is 28.6 Å². The minimum absolute atomic E-state index is 0.0455. The topological polar surface area (TPSA) is 78.9 Å². The third-order valence-electron chi connectivity index (χ3n) is 5.89. The molecular formula is C28H24O6. The van der Waals surface area contributed by atoms with Crippen LogP contribution in [0.3, 0.4) is 0 Å². The predicted octanol–water partition coefficient (Wildman–Crippen LogP) is 4.85. The Hall–Kier alpha value is -4.19. The van der Waals surface area contributed by atoms with Gasteiger partial charge >= 0.3 is 11.9 Å². The number of ether oxygens (including phenoxy) is 3. The summed E-state index contributed by atoms with van der Waals surface area (Å²) in [6.45, 7) is 4.29. The van der Waals surface area contributed by atoms with Crippen LogP contribution in [0.25, 0.3) is 11.1 Å². The Balaban J connectivity index is 1.44. The molecule has 0 saturated heterocycles. The minimum Gasteiger partial charge on any atom is -0.461 e. The molecule has 3 atom stereocenters.